The molecule has 0 bridgehead atoms. The van der Waals surface area contributed by atoms with E-state index in [1.807, 2.05) is 78.9 Å². The van der Waals surface area contributed by atoms with Gasteiger partial charge in [-0.1, -0.05) is 72.3 Å². The lowest BCUT2D eigenvalue weighted by Gasteiger charge is -2.37. The molecular weight excluding hydrogens is 470 g/mol. The highest BCUT2D eigenvalue weighted by molar-refractivity contribution is 6.49. The fraction of sp³-hybridized carbons (Fsp3) is 0.200. The number of amides is 3. The molecule has 0 atom stereocenters. The van der Waals surface area contributed by atoms with E-state index >= 15 is 0 Å². The second-order valence-corrected chi connectivity index (χ2v) is 9.41. The van der Waals surface area contributed by atoms with Gasteiger partial charge < -0.3 is 5.32 Å². The number of fused-ring (bicyclic) bond motifs is 1. The van der Waals surface area contributed by atoms with Crippen molar-refractivity contribution in [2.45, 2.75) is 12.8 Å². The molecule has 1 heterocycles. The van der Waals surface area contributed by atoms with E-state index in [1.54, 1.807) is 11.0 Å². The van der Waals surface area contributed by atoms with Crippen LogP contribution in [0.25, 0.3) is 5.03 Å². The Labute approximate surface area is 216 Å². The number of piperazine rings is 1. The predicted molar refractivity (Wildman–Crippen MR) is 146 cm³/mol. The lowest BCUT2D eigenvalue weighted by Crippen LogP contribution is -2.62. The number of halogens is 1. The number of allylic oxidation sites excluding steroid dienone is 2. The molecule has 0 aromatic heterocycles. The number of carbonyl (C=O) groups is 2. The molecule has 1 aliphatic heterocycles. The fourth-order valence-electron chi connectivity index (χ4n) is 5.03. The van der Waals surface area contributed by atoms with Crippen LogP contribution in [-0.4, -0.2) is 43.0 Å². The number of rotatable bonds is 4. The lowest BCUT2D eigenvalue weighted by atomic mass is 9.91. The molecule has 5 nitrogen and oxygen atoms in total. The average Bonchev–Trinajstić information content (AvgIpc) is 2.95. The lowest BCUT2D eigenvalue weighted by molar-refractivity contribution is -0.121. The van der Waals surface area contributed by atoms with E-state index in [9.17, 15) is 9.59 Å². The van der Waals surface area contributed by atoms with Gasteiger partial charge in [-0.05, 0) is 35.6 Å². The number of quaternary nitrogens is 1. The number of hydrogen-bond donors (Lipinski definition) is 1. The number of urea groups is 1. The van der Waals surface area contributed by atoms with Crippen molar-refractivity contribution in [3.8, 4) is 0 Å². The monoisotopic (exact) mass is 498 g/mol. The molecule has 5 rings (SSSR count). The Morgan fingerprint density at radius 3 is 2.03 bits per heavy atom. The number of carbonyl (C=O) groups excluding carboxylic acids is 2. The first-order valence-corrected chi connectivity index (χ1v) is 12.7. The first kappa shape index (κ1) is 24.2. The number of benzene rings is 3. The second-order valence-electron chi connectivity index (χ2n) is 9.03. The molecule has 0 radical (unpaired) electrons. The highest BCUT2D eigenvalue weighted by Gasteiger charge is 2.51. The summed E-state index contributed by atoms with van der Waals surface area (Å²) >= 11 is 6.76. The van der Waals surface area contributed by atoms with Crippen molar-refractivity contribution in [2.24, 2.45) is 0 Å². The van der Waals surface area contributed by atoms with E-state index in [4.69, 9.17) is 11.6 Å². The molecule has 36 heavy (non-hydrogen) atoms. The third kappa shape index (κ3) is 4.42. The molecule has 1 N–H and O–H groups in total. The molecule has 6 heteroatoms. The van der Waals surface area contributed by atoms with Gasteiger partial charge in [0.15, 0.2) is 11.4 Å². The zero-order valence-electron chi connectivity index (χ0n) is 20.1. The minimum Gasteiger partial charge on any atom is -0.313 e. The number of para-hydroxylation sites is 2. The minimum atomic E-state index is -0.542. The minimum absolute atomic E-state index is 0.252. The van der Waals surface area contributed by atoms with Crippen LogP contribution in [0.2, 0.25) is 0 Å². The second kappa shape index (κ2) is 10.6. The zero-order valence-corrected chi connectivity index (χ0v) is 20.8. The Morgan fingerprint density at radius 2 is 1.39 bits per heavy atom. The van der Waals surface area contributed by atoms with Crippen molar-refractivity contribution in [2.75, 3.05) is 26.2 Å². The number of aryl methyl sites for hydroxylation is 1. The van der Waals surface area contributed by atoms with Gasteiger partial charge in [-0.3, -0.25) is 4.90 Å². The van der Waals surface area contributed by atoms with Crippen LogP contribution >= 0.6 is 11.6 Å². The first-order chi connectivity index (χ1) is 17.6. The van der Waals surface area contributed by atoms with Crippen LogP contribution in [0.4, 0.5) is 16.2 Å². The molecule has 0 spiro atoms. The Hall–Kier alpha value is -3.51. The summed E-state index contributed by atoms with van der Waals surface area (Å²) in [5.74, 6) is -0.327. The maximum atomic E-state index is 14.3. The molecule has 2 aliphatic rings. The molecule has 1 saturated heterocycles. The average molecular weight is 499 g/mol. The SMILES string of the molecule is O=C(C=CC1=C(Cl)c2ccccc2CC1)[N+](C(=O)N1CCNCC1)(c1ccccc1)c1ccccc1. The summed E-state index contributed by atoms with van der Waals surface area (Å²) in [4.78, 5) is 30.4. The predicted octanol–water partition coefficient (Wildman–Crippen LogP) is 6.03. The van der Waals surface area contributed by atoms with Crippen LogP contribution < -0.4 is 9.80 Å². The third-order valence-electron chi connectivity index (χ3n) is 6.92. The number of hydrogen-bond acceptors (Lipinski definition) is 3. The summed E-state index contributed by atoms with van der Waals surface area (Å²) < 4.78 is -0.542. The maximum absolute atomic E-state index is 14.3. The summed E-state index contributed by atoms with van der Waals surface area (Å²) in [6.45, 7) is 2.48. The third-order valence-corrected chi connectivity index (χ3v) is 7.36. The van der Waals surface area contributed by atoms with Gasteiger partial charge in [-0.2, -0.15) is 0 Å². The van der Waals surface area contributed by atoms with Crippen molar-refractivity contribution < 1.29 is 9.59 Å². The molecule has 1 aliphatic carbocycles. The summed E-state index contributed by atoms with van der Waals surface area (Å²) in [7, 11) is 0. The molecule has 182 valence electrons. The van der Waals surface area contributed by atoms with Crippen molar-refractivity contribution in [1.29, 1.82) is 0 Å². The largest absolute Gasteiger partial charge is 0.437 e. The van der Waals surface area contributed by atoms with E-state index in [-0.39, 0.29) is 11.9 Å². The molecule has 0 unspecified atom stereocenters. The highest BCUT2D eigenvalue weighted by atomic mass is 35.5. The summed E-state index contributed by atoms with van der Waals surface area (Å²) in [6.07, 6.45) is 4.93. The van der Waals surface area contributed by atoms with Gasteiger partial charge in [0, 0.05) is 56.5 Å². The standard InChI is InChI=1S/C30H29ClN3O2/c31-29-24(16-15-23-9-7-8-14-27(23)29)17-18-28(35)34(25-10-3-1-4-11-25,26-12-5-2-6-13-26)30(36)33-21-19-32-20-22-33/h1-14,17-18,32H,15-16,19-22H2/q+1. The van der Waals surface area contributed by atoms with E-state index in [0.717, 1.165) is 24.0 Å². The first-order valence-electron chi connectivity index (χ1n) is 12.3. The van der Waals surface area contributed by atoms with Crippen LogP contribution in [0.5, 0.6) is 0 Å². The van der Waals surface area contributed by atoms with Crippen LogP contribution in [0, 0.1) is 0 Å². The maximum Gasteiger partial charge on any atom is 0.437 e. The molecule has 3 aromatic carbocycles. The van der Waals surface area contributed by atoms with Crippen molar-refractivity contribution in [3.05, 3.63) is 114 Å². The van der Waals surface area contributed by atoms with Crippen LogP contribution in [-0.2, 0) is 11.2 Å². The van der Waals surface area contributed by atoms with Crippen LogP contribution in [0.1, 0.15) is 17.5 Å². The summed E-state index contributed by atoms with van der Waals surface area (Å²) in [5, 5.41) is 3.95. The van der Waals surface area contributed by atoms with Gasteiger partial charge >= 0.3 is 11.9 Å². The van der Waals surface area contributed by atoms with Gasteiger partial charge in [-0.15, -0.1) is 4.48 Å². The number of nitrogens with zero attached hydrogens (tertiary/aromatic N) is 2. The smallest absolute Gasteiger partial charge is 0.313 e. The van der Waals surface area contributed by atoms with E-state index < -0.39 is 4.48 Å². The van der Waals surface area contributed by atoms with Crippen LogP contribution in [0.15, 0.2) is 103 Å². The zero-order chi connectivity index (χ0) is 25.0. The summed E-state index contributed by atoms with van der Waals surface area (Å²) in [6, 6.07) is 26.5. The van der Waals surface area contributed by atoms with E-state index in [1.165, 1.54) is 11.6 Å². The normalized spacial score (nSPS) is 16.2. The Balaban J connectivity index is 1.62. The molecule has 3 amide bonds. The molecular formula is C30H29ClN3O2+. The Bertz CT molecular complexity index is 1270. The fourth-order valence-corrected chi connectivity index (χ4v) is 5.38. The Kier molecular flexibility index (Phi) is 7.14. The molecule has 1 fully saturated rings. The molecule has 0 saturated carbocycles. The van der Waals surface area contributed by atoms with E-state index in [2.05, 4.69) is 11.4 Å². The molecule has 3 aromatic rings. The highest BCUT2D eigenvalue weighted by Crippen LogP contribution is 2.38. The summed E-state index contributed by atoms with van der Waals surface area (Å²) in [5.41, 5.74) is 4.32. The van der Waals surface area contributed by atoms with Crippen LogP contribution in [0.3, 0.4) is 0 Å². The van der Waals surface area contributed by atoms with Gasteiger partial charge in [0.25, 0.3) is 0 Å². The van der Waals surface area contributed by atoms with Crippen molar-refractivity contribution in [1.82, 2.24) is 14.7 Å². The van der Waals surface area contributed by atoms with Crippen molar-refractivity contribution in [3.63, 3.8) is 0 Å². The number of imide groups is 1. The van der Waals surface area contributed by atoms with Gasteiger partial charge in [-0.25, -0.2) is 9.59 Å². The van der Waals surface area contributed by atoms with E-state index in [0.29, 0.717) is 42.6 Å². The quantitative estimate of drug-likeness (QED) is 0.353. The topological polar surface area (TPSA) is 49.4 Å². The van der Waals surface area contributed by atoms with Gasteiger partial charge in [0.05, 0.1) is 5.03 Å². The van der Waals surface area contributed by atoms with Crippen molar-refractivity contribution >= 4 is 39.9 Å². The Morgan fingerprint density at radius 1 is 0.806 bits per heavy atom. The van der Waals surface area contributed by atoms with Gasteiger partial charge in [0.2, 0.25) is 0 Å². The van der Waals surface area contributed by atoms with Gasteiger partial charge in [0.1, 0.15) is 0 Å². The number of nitrogens with one attached hydrogen (secondary N) is 1.